The minimum Gasteiger partial charge on any atom is -0.366 e. The molecule has 3 rings (SSSR count). The summed E-state index contributed by atoms with van der Waals surface area (Å²) in [5.41, 5.74) is 3.57. The molecule has 0 spiro atoms. The van der Waals surface area contributed by atoms with E-state index in [-0.39, 0.29) is 0 Å². The van der Waals surface area contributed by atoms with Crippen molar-refractivity contribution in [3.8, 4) is 0 Å². The number of fused-ring (bicyclic) bond motifs is 1. The summed E-state index contributed by atoms with van der Waals surface area (Å²) in [7, 11) is 2.04. The highest BCUT2D eigenvalue weighted by atomic mass is 15.2. The predicted molar refractivity (Wildman–Crippen MR) is 70.4 cm³/mol. The summed E-state index contributed by atoms with van der Waals surface area (Å²) < 4.78 is 2.08. The number of aromatic nitrogens is 2. The van der Waals surface area contributed by atoms with Crippen molar-refractivity contribution < 1.29 is 0 Å². The van der Waals surface area contributed by atoms with Gasteiger partial charge < -0.3 is 14.8 Å². The standard InChI is InChI=1S/C13H18N4/c1-10-8-14-5-6-17(10)11-3-4-12-13(7-11)16(2)9-15-12/h3-4,7,9-10,14H,5-6,8H2,1-2H3. The smallest absolute Gasteiger partial charge is 0.0955 e. The fourth-order valence-electron chi connectivity index (χ4n) is 2.52. The number of anilines is 1. The molecule has 1 atom stereocenters. The molecule has 1 N–H and O–H groups in total. The first kappa shape index (κ1) is 10.6. The molecule has 4 nitrogen and oxygen atoms in total. The molecule has 0 radical (unpaired) electrons. The van der Waals surface area contributed by atoms with Crippen LogP contribution in [0.5, 0.6) is 0 Å². The van der Waals surface area contributed by atoms with E-state index in [1.807, 2.05) is 13.4 Å². The third-order valence-corrected chi connectivity index (χ3v) is 3.54. The highest BCUT2D eigenvalue weighted by Gasteiger charge is 2.18. The van der Waals surface area contributed by atoms with Gasteiger partial charge in [-0.05, 0) is 25.1 Å². The van der Waals surface area contributed by atoms with Gasteiger partial charge in [0, 0.05) is 38.4 Å². The van der Waals surface area contributed by atoms with Crippen molar-refractivity contribution in [3.63, 3.8) is 0 Å². The number of nitrogens with one attached hydrogen (secondary N) is 1. The number of rotatable bonds is 1. The minimum absolute atomic E-state index is 0.550. The van der Waals surface area contributed by atoms with Crippen molar-refractivity contribution in [2.75, 3.05) is 24.5 Å². The first-order valence-electron chi connectivity index (χ1n) is 6.14. The summed E-state index contributed by atoms with van der Waals surface area (Å²) in [5, 5.41) is 3.42. The van der Waals surface area contributed by atoms with Crippen LogP contribution >= 0.6 is 0 Å². The van der Waals surface area contributed by atoms with Crippen molar-refractivity contribution in [1.29, 1.82) is 0 Å². The zero-order valence-electron chi connectivity index (χ0n) is 10.3. The molecule has 17 heavy (non-hydrogen) atoms. The van der Waals surface area contributed by atoms with Gasteiger partial charge in [-0.15, -0.1) is 0 Å². The molecule has 2 heterocycles. The van der Waals surface area contributed by atoms with Crippen LogP contribution in [0, 0.1) is 0 Å². The molecule has 90 valence electrons. The van der Waals surface area contributed by atoms with E-state index in [1.54, 1.807) is 0 Å². The van der Waals surface area contributed by atoms with Crippen molar-refractivity contribution in [2.45, 2.75) is 13.0 Å². The van der Waals surface area contributed by atoms with E-state index >= 15 is 0 Å². The van der Waals surface area contributed by atoms with E-state index in [4.69, 9.17) is 0 Å². The monoisotopic (exact) mass is 230 g/mol. The summed E-state index contributed by atoms with van der Waals surface area (Å²) in [5.74, 6) is 0. The molecule has 1 saturated heterocycles. The second-order valence-electron chi connectivity index (χ2n) is 4.78. The van der Waals surface area contributed by atoms with Gasteiger partial charge in [0.2, 0.25) is 0 Å². The predicted octanol–water partition coefficient (Wildman–Crippen LogP) is 1.37. The van der Waals surface area contributed by atoms with E-state index < -0.39 is 0 Å². The lowest BCUT2D eigenvalue weighted by Crippen LogP contribution is -2.49. The molecule has 1 aromatic heterocycles. The van der Waals surface area contributed by atoms with Crippen LogP contribution in [0.4, 0.5) is 5.69 Å². The van der Waals surface area contributed by atoms with Gasteiger partial charge in [-0.2, -0.15) is 0 Å². The molecule has 4 heteroatoms. The zero-order chi connectivity index (χ0) is 11.8. The van der Waals surface area contributed by atoms with Gasteiger partial charge in [0.25, 0.3) is 0 Å². The van der Waals surface area contributed by atoms with E-state index in [0.717, 1.165) is 25.2 Å². The van der Waals surface area contributed by atoms with E-state index in [9.17, 15) is 0 Å². The van der Waals surface area contributed by atoms with Crippen LogP contribution < -0.4 is 10.2 Å². The largest absolute Gasteiger partial charge is 0.366 e. The molecular formula is C13H18N4. The van der Waals surface area contributed by atoms with E-state index in [1.165, 1.54) is 11.2 Å². The first-order valence-corrected chi connectivity index (χ1v) is 6.14. The lowest BCUT2D eigenvalue weighted by molar-refractivity contribution is 0.501. The van der Waals surface area contributed by atoms with Gasteiger partial charge in [-0.25, -0.2) is 4.98 Å². The fraction of sp³-hybridized carbons (Fsp3) is 0.462. The number of piperazine rings is 1. The average Bonchev–Trinajstić information content (AvgIpc) is 2.71. The molecule has 1 aliphatic rings. The normalized spacial score (nSPS) is 21.1. The maximum atomic E-state index is 4.36. The van der Waals surface area contributed by atoms with E-state index in [2.05, 4.69) is 44.9 Å². The minimum atomic E-state index is 0.550. The van der Waals surface area contributed by atoms with Crippen molar-refractivity contribution in [2.24, 2.45) is 7.05 Å². The number of imidazole rings is 1. The van der Waals surface area contributed by atoms with Gasteiger partial charge in [0.1, 0.15) is 0 Å². The molecule has 1 unspecified atom stereocenters. The van der Waals surface area contributed by atoms with Crippen LogP contribution in [-0.4, -0.2) is 35.2 Å². The molecule has 1 aliphatic heterocycles. The number of hydrogen-bond acceptors (Lipinski definition) is 3. The Balaban J connectivity index is 2.01. The highest BCUT2D eigenvalue weighted by Crippen LogP contribution is 2.23. The van der Waals surface area contributed by atoms with Crippen LogP contribution in [0.15, 0.2) is 24.5 Å². The molecule has 0 aliphatic carbocycles. The van der Waals surface area contributed by atoms with Crippen LogP contribution in [0.3, 0.4) is 0 Å². The molecule has 1 aromatic carbocycles. The van der Waals surface area contributed by atoms with Crippen molar-refractivity contribution >= 4 is 16.7 Å². The Morgan fingerprint density at radius 1 is 1.41 bits per heavy atom. The van der Waals surface area contributed by atoms with Crippen molar-refractivity contribution in [1.82, 2.24) is 14.9 Å². The molecule has 2 aromatic rings. The van der Waals surface area contributed by atoms with Crippen molar-refractivity contribution in [3.05, 3.63) is 24.5 Å². The van der Waals surface area contributed by atoms with Gasteiger partial charge in [-0.3, -0.25) is 0 Å². The second kappa shape index (κ2) is 4.04. The summed E-state index contributed by atoms with van der Waals surface area (Å²) in [6.07, 6.45) is 1.87. The molecule has 0 bridgehead atoms. The Kier molecular flexibility index (Phi) is 2.52. The summed E-state index contributed by atoms with van der Waals surface area (Å²) in [6, 6.07) is 7.08. The second-order valence-corrected chi connectivity index (χ2v) is 4.78. The molecule has 0 saturated carbocycles. The lowest BCUT2D eigenvalue weighted by atomic mass is 10.1. The Morgan fingerprint density at radius 2 is 2.29 bits per heavy atom. The topological polar surface area (TPSA) is 33.1 Å². The average molecular weight is 230 g/mol. The van der Waals surface area contributed by atoms with E-state index in [0.29, 0.717) is 6.04 Å². The van der Waals surface area contributed by atoms with Crippen LogP contribution in [0.2, 0.25) is 0 Å². The van der Waals surface area contributed by atoms with Gasteiger partial charge >= 0.3 is 0 Å². The lowest BCUT2D eigenvalue weighted by Gasteiger charge is -2.35. The molecular weight excluding hydrogens is 212 g/mol. The Labute approximate surface area is 101 Å². The highest BCUT2D eigenvalue weighted by molar-refractivity contribution is 5.79. The summed E-state index contributed by atoms with van der Waals surface area (Å²) in [4.78, 5) is 6.82. The number of aryl methyl sites for hydroxylation is 1. The fourth-order valence-corrected chi connectivity index (χ4v) is 2.52. The number of nitrogens with zero attached hydrogens (tertiary/aromatic N) is 3. The maximum absolute atomic E-state index is 4.36. The maximum Gasteiger partial charge on any atom is 0.0955 e. The molecule has 0 amide bonds. The Morgan fingerprint density at radius 3 is 3.12 bits per heavy atom. The third kappa shape index (κ3) is 1.78. The quantitative estimate of drug-likeness (QED) is 0.803. The van der Waals surface area contributed by atoms with Gasteiger partial charge in [0.15, 0.2) is 0 Å². The number of benzene rings is 1. The summed E-state index contributed by atoms with van der Waals surface area (Å²) in [6.45, 7) is 5.46. The Bertz CT molecular complexity index is 531. The third-order valence-electron chi connectivity index (χ3n) is 3.54. The Hall–Kier alpha value is -1.55. The molecule has 1 fully saturated rings. The van der Waals surface area contributed by atoms with Crippen LogP contribution in [-0.2, 0) is 7.05 Å². The van der Waals surface area contributed by atoms with Crippen LogP contribution in [0.1, 0.15) is 6.92 Å². The van der Waals surface area contributed by atoms with Gasteiger partial charge in [0.05, 0.1) is 17.4 Å². The number of hydrogen-bond donors (Lipinski definition) is 1. The SMILES string of the molecule is CC1CNCCN1c1ccc2ncn(C)c2c1. The first-order chi connectivity index (χ1) is 8.25. The van der Waals surface area contributed by atoms with Crippen LogP contribution in [0.25, 0.3) is 11.0 Å². The summed E-state index contributed by atoms with van der Waals surface area (Å²) >= 11 is 0. The zero-order valence-corrected chi connectivity index (χ0v) is 10.3. The van der Waals surface area contributed by atoms with Gasteiger partial charge in [-0.1, -0.05) is 0 Å².